The lowest BCUT2D eigenvalue weighted by Gasteiger charge is -2.18. The maximum absolute atomic E-state index is 12.9. The van der Waals surface area contributed by atoms with Crippen LogP contribution in [-0.4, -0.2) is 36.8 Å². The van der Waals surface area contributed by atoms with Gasteiger partial charge in [-0.05, 0) is 36.6 Å². The molecule has 0 aliphatic carbocycles. The molecule has 24 heavy (non-hydrogen) atoms. The van der Waals surface area contributed by atoms with Gasteiger partial charge in [0, 0.05) is 36.5 Å². The maximum atomic E-state index is 12.9. The number of ether oxygens (including phenoxy) is 2. The molecule has 0 unspecified atom stereocenters. The molecule has 0 spiro atoms. The highest BCUT2D eigenvalue weighted by molar-refractivity contribution is 6.07. The molecule has 2 aliphatic heterocycles. The number of rotatable bonds is 3. The molecule has 1 amide bonds. The summed E-state index contributed by atoms with van der Waals surface area (Å²) >= 11 is 0. The smallest absolute Gasteiger partial charge is 0.258 e. The lowest BCUT2D eigenvalue weighted by Crippen LogP contribution is -2.29. The first-order chi connectivity index (χ1) is 11.7. The molecule has 1 saturated heterocycles. The molecule has 1 atom stereocenters. The second-order valence-corrected chi connectivity index (χ2v) is 6.27. The summed E-state index contributed by atoms with van der Waals surface area (Å²) in [4.78, 5) is 19.0. The fraction of sp³-hybridized carbons (Fsp3) is 0.368. The summed E-state index contributed by atoms with van der Waals surface area (Å²) in [5, 5.41) is 0. The van der Waals surface area contributed by atoms with E-state index in [9.17, 15) is 4.79 Å². The third-order valence-corrected chi connectivity index (χ3v) is 4.66. The number of hydrogen-bond donors (Lipinski definition) is 0. The summed E-state index contributed by atoms with van der Waals surface area (Å²) in [6, 6.07) is 9.58. The molecule has 1 aromatic carbocycles. The van der Waals surface area contributed by atoms with Gasteiger partial charge >= 0.3 is 0 Å². The van der Waals surface area contributed by atoms with Crippen molar-refractivity contribution in [1.82, 2.24) is 4.98 Å². The van der Waals surface area contributed by atoms with Crippen LogP contribution in [0.2, 0.25) is 0 Å². The summed E-state index contributed by atoms with van der Waals surface area (Å²) in [5.41, 5.74) is 4.12. The average Bonchev–Trinajstić information content (AvgIpc) is 3.25. The lowest BCUT2D eigenvalue weighted by molar-refractivity contribution is 0.0987. The average molecular weight is 324 g/mol. The van der Waals surface area contributed by atoms with Gasteiger partial charge in [0.1, 0.15) is 6.10 Å². The summed E-state index contributed by atoms with van der Waals surface area (Å²) in [6.45, 7) is 4.11. The monoisotopic (exact) mass is 324 g/mol. The third kappa shape index (κ3) is 2.76. The van der Waals surface area contributed by atoms with Gasteiger partial charge in [0.15, 0.2) is 0 Å². The van der Waals surface area contributed by atoms with Crippen molar-refractivity contribution in [3.63, 3.8) is 0 Å². The third-order valence-electron chi connectivity index (χ3n) is 4.66. The van der Waals surface area contributed by atoms with Gasteiger partial charge in [-0.1, -0.05) is 12.1 Å². The van der Waals surface area contributed by atoms with Gasteiger partial charge < -0.3 is 14.4 Å². The van der Waals surface area contributed by atoms with E-state index in [1.54, 1.807) is 18.3 Å². The zero-order valence-corrected chi connectivity index (χ0v) is 13.7. The fourth-order valence-corrected chi connectivity index (χ4v) is 3.36. The molecule has 0 bridgehead atoms. The molecular formula is C19H20N2O3. The zero-order chi connectivity index (χ0) is 16.5. The van der Waals surface area contributed by atoms with Crippen molar-refractivity contribution in [3.8, 4) is 5.88 Å². The molecule has 0 radical (unpaired) electrons. The predicted octanol–water partition coefficient (Wildman–Crippen LogP) is 2.76. The number of carbonyl (C=O) groups is 1. The van der Waals surface area contributed by atoms with Gasteiger partial charge in [-0.15, -0.1) is 0 Å². The minimum atomic E-state index is -0.00530. The van der Waals surface area contributed by atoms with Gasteiger partial charge in [0.25, 0.3) is 5.91 Å². The molecule has 124 valence electrons. The van der Waals surface area contributed by atoms with E-state index in [4.69, 9.17) is 9.47 Å². The Balaban J connectivity index is 1.56. The number of anilines is 1. The van der Waals surface area contributed by atoms with Crippen LogP contribution in [0.1, 0.15) is 27.9 Å². The highest BCUT2D eigenvalue weighted by Crippen LogP contribution is 2.31. The quantitative estimate of drug-likeness (QED) is 0.871. The van der Waals surface area contributed by atoms with E-state index >= 15 is 0 Å². The van der Waals surface area contributed by atoms with Crippen molar-refractivity contribution in [2.45, 2.75) is 25.9 Å². The Bertz CT molecular complexity index is 769. The number of aromatic nitrogens is 1. The summed E-state index contributed by atoms with van der Waals surface area (Å²) in [7, 11) is 0. The molecular weight excluding hydrogens is 304 g/mol. The van der Waals surface area contributed by atoms with Gasteiger partial charge in [-0.3, -0.25) is 4.79 Å². The first-order valence-electron chi connectivity index (χ1n) is 8.33. The number of carbonyl (C=O) groups excluding carboxylic acids is 1. The largest absolute Gasteiger partial charge is 0.472 e. The summed E-state index contributed by atoms with van der Waals surface area (Å²) < 4.78 is 11.1. The van der Waals surface area contributed by atoms with Crippen LogP contribution in [0.25, 0.3) is 0 Å². The Morgan fingerprint density at radius 2 is 2.29 bits per heavy atom. The molecule has 5 heteroatoms. The van der Waals surface area contributed by atoms with Crippen molar-refractivity contribution in [2.24, 2.45) is 0 Å². The van der Waals surface area contributed by atoms with Crippen LogP contribution in [0, 0.1) is 6.92 Å². The van der Waals surface area contributed by atoms with Crippen LogP contribution in [0.15, 0.2) is 36.5 Å². The van der Waals surface area contributed by atoms with Crippen molar-refractivity contribution >= 4 is 11.6 Å². The van der Waals surface area contributed by atoms with Crippen LogP contribution in [0.4, 0.5) is 5.69 Å². The molecule has 5 nitrogen and oxygen atoms in total. The van der Waals surface area contributed by atoms with E-state index in [1.165, 1.54) is 11.1 Å². The van der Waals surface area contributed by atoms with E-state index in [0.29, 0.717) is 31.2 Å². The highest BCUT2D eigenvalue weighted by atomic mass is 16.5. The van der Waals surface area contributed by atoms with Crippen molar-refractivity contribution in [3.05, 3.63) is 53.2 Å². The number of fused-ring (bicyclic) bond motifs is 1. The molecule has 0 saturated carbocycles. The van der Waals surface area contributed by atoms with Crippen molar-refractivity contribution in [2.75, 3.05) is 24.7 Å². The Morgan fingerprint density at radius 3 is 3.12 bits per heavy atom. The zero-order valence-electron chi connectivity index (χ0n) is 13.7. The first-order valence-corrected chi connectivity index (χ1v) is 8.33. The van der Waals surface area contributed by atoms with Crippen molar-refractivity contribution in [1.29, 1.82) is 0 Å². The SMILES string of the molecule is Cc1cccc2c1CCN2C(=O)c1ccnc(O[C@@H]2CCOC2)c1. The number of nitrogens with zero attached hydrogens (tertiary/aromatic N) is 2. The normalized spacial score (nSPS) is 19.4. The van der Waals surface area contributed by atoms with Gasteiger partial charge in [-0.2, -0.15) is 0 Å². The van der Waals surface area contributed by atoms with Crippen molar-refractivity contribution < 1.29 is 14.3 Å². The van der Waals surface area contributed by atoms with Crippen LogP contribution < -0.4 is 9.64 Å². The number of amides is 1. The molecule has 1 fully saturated rings. The second kappa shape index (κ2) is 6.24. The first kappa shape index (κ1) is 15.1. The Labute approximate surface area is 141 Å². The number of pyridine rings is 1. The van der Waals surface area contributed by atoms with Crippen LogP contribution in [0.5, 0.6) is 5.88 Å². The Morgan fingerprint density at radius 1 is 1.38 bits per heavy atom. The maximum Gasteiger partial charge on any atom is 0.258 e. The molecule has 4 rings (SSSR count). The number of benzene rings is 1. The Kier molecular flexibility index (Phi) is 3.94. The Hall–Kier alpha value is -2.40. The molecule has 0 N–H and O–H groups in total. The molecule has 1 aromatic heterocycles. The lowest BCUT2D eigenvalue weighted by atomic mass is 10.1. The van der Waals surface area contributed by atoms with E-state index < -0.39 is 0 Å². The number of aryl methyl sites for hydroxylation is 1. The predicted molar refractivity (Wildman–Crippen MR) is 90.6 cm³/mol. The van der Waals surface area contributed by atoms with Crippen LogP contribution in [-0.2, 0) is 11.2 Å². The minimum Gasteiger partial charge on any atom is -0.472 e. The highest BCUT2D eigenvalue weighted by Gasteiger charge is 2.27. The van der Waals surface area contributed by atoms with Gasteiger partial charge in [0.05, 0.1) is 13.2 Å². The summed E-state index contributed by atoms with van der Waals surface area (Å²) in [6.07, 6.45) is 3.42. The van der Waals surface area contributed by atoms with Crippen LogP contribution >= 0.6 is 0 Å². The van der Waals surface area contributed by atoms with Gasteiger partial charge in [0.2, 0.25) is 5.88 Å². The summed E-state index contributed by atoms with van der Waals surface area (Å²) in [5.74, 6) is 0.481. The van der Waals surface area contributed by atoms with E-state index in [0.717, 1.165) is 18.5 Å². The topological polar surface area (TPSA) is 51.7 Å². The molecule has 2 aromatic rings. The van der Waals surface area contributed by atoms with E-state index in [-0.39, 0.29) is 12.0 Å². The fourth-order valence-electron chi connectivity index (χ4n) is 3.36. The van der Waals surface area contributed by atoms with E-state index in [1.807, 2.05) is 17.0 Å². The van der Waals surface area contributed by atoms with Crippen LogP contribution in [0.3, 0.4) is 0 Å². The number of hydrogen-bond acceptors (Lipinski definition) is 4. The molecule has 3 heterocycles. The second-order valence-electron chi connectivity index (χ2n) is 6.27. The van der Waals surface area contributed by atoms with E-state index in [2.05, 4.69) is 18.0 Å². The minimum absolute atomic E-state index is 0.00530. The molecule has 2 aliphatic rings. The standard InChI is InChI=1S/C19H20N2O3/c1-13-3-2-4-17-16(13)6-9-21(17)19(22)14-5-8-20-18(11-14)24-15-7-10-23-12-15/h2-5,8,11,15H,6-7,9-10,12H2,1H3/t15-/m1/s1. The van der Waals surface area contributed by atoms with Gasteiger partial charge in [-0.25, -0.2) is 4.98 Å².